The molecule has 2 aliphatic carbocycles. The van der Waals surface area contributed by atoms with Crippen LogP contribution in [-0.2, 0) is 10.2 Å². The van der Waals surface area contributed by atoms with Gasteiger partial charge in [0.25, 0.3) is 0 Å². The van der Waals surface area contributed by atoms with Gasteiger partial charge < -0.3 is 9.47 Å². The van der Waals surface area contributed by atoms with E-state index in [1.54, 1.807) is 7.11 Å². The highest BCUT2D eigenvalue weighted by Crippen LogP contribution is 2.81. The second-order valence-electron chi connectivity index (χ2n) is 8.92. The SMILES string of the molecule is COC(=O)N1c2ccc(OC)cc2C23CC45CCCN4CCC12C3CC5. The second-order valence-corrected chi connectivity index (χ2v) is 8.92. The van der Waals surface area contributed by atoms with Gasteiger partial charge in [0.2, 0.25) is 0 Å². The lowest BCUT2D eigenvalue weighted by Gasteiger charge is -2.44. The maximum atomic E-state index is 12.9. The molecule has 3 heterocycles. The molecule has 4 unspecified atom stereocenters. The Hall–Kier alpha value is -1.75. The van der Waals surface area contributed by atoms with Gasteiger partial charge in [0.05, 0.1) is 25.4 Å². The Kier molecular flexibility index (Phi) is 2.69. The first kappa shape index (κ1) is 15.3. The van der Waals surface area contributed by atoms with Gasteiger partial charge in [-0.25, -0.2) is 4.79 Å². The van der Waals surface area contributed by atoms with Crippen molar-refractivity contribution in [2.45, 2.75) is 55.0 Å². The van der Waals surface area contributed by atoms with Crippen LogP contribution in [0.2, 0.25) is 0 Å². The smallest absolute Gasteiger partial charge is 0.414 e. The lowest BCUT2D eigenvalue weighted by Crippen LogP contribution is -2.49. The van der Waals surface area contributed by atoms with Gasteiger partial charge >= 0.3 is 6.09 Å². The monoisotopic (exact) mass is 354 g/mol. The van der Waals surface area contributed by atoms with E-state index in [9.17, 15) is 4.79 Å². The van der Waals surface area contributed by atoms with Crippen molar-refractivity contribution in [3.05, 3.63) is 23.8 Å². The Morgan fingerprint density at radius 2 is 2.08 bits per heavy atom. The number of nitrogens with zero attached hydrogens (tertiary/aromatic N) is 2. The fourth-order valence-corrected chi connectivity index (χ4v) is 7.73. The zero-order valence-electron chi connectivity index (χ0n) is 15.6. The van der Waals surface area contributed by atoms with E-state index < -0.39 is 0 Å². The van der Waals surface area contributed by atoms with Crippen LogP contribution in [0.4, 0.5) is 10.5 Å². The summed E-state index contributed by atoms with van der Waals surface area (Å²) in [6.45, 7) is 2.33. The summed E-state index contributed by atoms with van der Waals surface area (Å²) in [5.74, 6) is 1.47. The number of benzene rings is 1. The van der Waals surface area contributed by atoms with Crippen molar-refractivity contribution in [1.29, 1.82) is 0 Å². The Morgan fingerprint density at radius 3 is 2.88 bits per heavy atom. The third-order valence-electron chi connectivity index (χ3n) is 8.55. The standard InChI is InChI=1S/C21H26N2O3/c1-25-14-4-5-16-15(12-14)20-13-19-7-3-10-22(19)11-9-21(20,17(20)6-8-19)23(16)18(24)26-2/h4-5,12,17H,3,6-11,13H2,1-2H3. The van der Waals surface area contributed by atoms with Crippen LogP contribution in [-0.4, -0.2) is 49.4 Å². The lowest BCUT2D eigenvalue weighted by molar-refractivity contribution is 0.0819. The summed E-state index contributed by atoms with van der Waals surface area (Å²) >= 11 is 0. The molecule has 0 aromatic heterocycles. The third-order valence-corrected chi connectivity index (χ3v) is 8.55. The van der Waals surface area contributed by atoms with Gasteiger partial charge in [0.15, 0.2) is 0 Å². The highest BCUT2D eigenvalue weighted by molar-refractivity contribution is 5.97. The van der Waals surface area contributed by atoms with Crippen LogP contribution >= 0.6 is 0 Å². The van der Waals surface area contributed by atoms with Crippen LogP contribution in [0.1, 0.15) is 44.1 Å². The number of amides is 1. The number of carbonyl (C=O) groups excluding carboxylic acids is 1. The molecule has 3 aliphatic heterocycles. The minimum absolute atomic E-state index is 0.0807. The van der Waals surface area contributed by atoms with Crippen LogP contribution in [0.15, 0.2) is 18.2 Å². The predicted molar refractivity (Wildman–Crippen MR) is 97.8 cm³/mol. The molecule has 6 rings (SSSR count). The molecule has 2 bridgehead atoms. The van der Waals surface area contributed by atoms with Gasteiger partial charge in [-0.3, -0.25) is 9.80 Å². The van der Waals surface area contributed by atoms with E-state index in [1.807, 2.05) is 11.0 Å². The number of ether oxygens (including phenoxy) is 2. The second kappa shape index (κ2) is 4.56. The van der Waals surface area contributed by atoms with E-state index >= 15 is 0 Å². The number of hydrogen-bond acceptors (Lipinski definition) is 4. The molecule has 5 heteroatoms. The van der Waals surface area contributed by atoms with Crippen molar-refractivity contribution in [2.75, 3.05) is 32.2 Å². The Labute approximate surface area is 154 Å². The summed E-state index contributed by atoms with van der Waals surface area (Å²) in [6.07, 6.45) is 7.20. The number of fused-ring (bicyclic) bond motifs is 1. The van der Waals surface area contributed by atoms with Crippen molar-refractivity contribution in [2.24, 2.45) is 5.92 Å². The summed E-state index contributed by atoms with van der Waals surface area (Å²) in [4.78, 5) is 17.7. The van der Waals surface area contributed by atoms with E-state index in [-0.39, 0.29) is 17.0 Å². The first-order valence-electron chi connectivity index (χ1n) is 9.95. The van der Waals surface area contributed by atoms with Crippen LogP contribution in [0.3, 0.4) is 0 Å². The fraction of sp³-hybridized carbons (Fsp3) is 0.667. The van der Waals surface area contributed by atoms with Crippen molar-refractivity contribution < 1.29 is 14.3 Å². The van der Waals surface area contributed by atoms with Crippen LogP contribution in [0, 0.1) is 5.92 Å². The van der Waals surface area contributed by atoms with Crippen LogP contribution in [0.5, 0.6) is 5.75 Å². The first-order valence-corrected chi connectivity index (χ1v) is 9.95. The number of rotatable bonds is 1. The average Bonchev–Trinajstić information content (AvgIpc) is 2.96. The number of methoxy groups -OCH3 is 2. The van der Waals surface area contributed by atoms with Gasteiger partial charge in [0.1, 0.15) is 5.75 Å². The molecule has 2 spiro atoms. The van der Waals surface area contributed by atoms with Gasteiger partial charge in [-0.15, -0.1) is 0 Å². The summed E-state index contributed by atoms with van der Waals surface area (Å²) < 4.78 is 10.8. The molecule has 26 heavy (non-hydrogen) atoms. The van der Waals surface area contributed by atoms with Crippen molar-refractivity contribution in [1.82, 2.24) is 4.90 Å². The molecular weight excluding hydrogens is 328 g/mol. The highest BCUT2D eigenvalue weighted by atomic mass is 16.5. The molecule has 0 radical (unpaired) electrons. The molecule has 5 nitrogen and oxygen atoms in total. The molecule has 2 saturated carbocycles. The van der Waals surface area contributed by atoms with Gasteiger partial charge in [0, 0.05) is 17.5 Å². The van der Waals surface area contributed by atoms with Crippen LogP contribution in [0.25, 0.3) is 0 Å². The molecule has 5 aliphatic rings. The fourth-order valence-electron chi connectivity index (χ4n) is 7.73. The number of carbonyl (C=O) groups is 1. The molecule has 138 valence electrons. The van der Waals surface area contributed by atoms with Crippen LogP contribution < -0.4 is 9.64 Å². The molecular formula is C21H26N2O3. The Bertz CT molecular complexity index is 825. The summed E-state index contributed by atoms with van der Waals surface area (Å²) in [5.41, 5.74) is 2.75. The number of anilines is 1. The largest absolute Gasteiger partial charge is 0.497 e. The van der Waals surface area contributed by atoms with E-state index in [4.69, 9.17) is 9.47 Å². The average molecular weight is 354 g/mol. The van der Waals surface area contributed by atoms with Crippen molar-refractivity contribution in [3.63, 3.8) is 0 Å². The van der Waals surface area contributed by atoms with E-state index in [0.29, 0.717) is 11.5 Å². The lowest BCUT2D eigenvalue weighted by atomic mass is 9.71. The normalized spacial score (nSPS) is 41.8. The molecule has 1 amide bonds. The molecule has 0 N–H and O–H groups in total. The van der Waals surface area contributed by atoms with Gasteiger partial charge in [-0.1, -0.05) is 0 Å². The molecule has 4 fully saturated rings. The highest BCUT2D eigenvalue weighted by Gasteiger charge is 2.87. The molecule has 4 atom stereocenters. The minimum atomic E-state index is -0.196. The number of hydrogen-bond donors (Lipinski definition) is 0. The minimum Gasteiger partial charge on any atom is -0.497 e. The predicted octanol–water partition coefficient (Wildman–Crippen LogP) is 3.31. The van der Waals surface area contributed by atoms with E-state index in [1.165, 1.54) is 51.3 Å². The Morgan fingerprint density at radius 1 is 1.19 bits per heavy atom. The van der Waals surface area contributed by atoms with Gasteiger partial charge in [-0.05, 0) is 74.8 Å². The van der Waals surface area contributed by atoms with E-state index in [0.717, 1.165) is 24.4 Å². The van der Waals surface area contributed by atoms with Crippen molar-refractivity contribution in [3.8, 4) is 5.75 Å². The first-order chi connectivity index (χ1) is 12.6. The molecule has 1 aromatic carbocycles. The summed E-state index contributed by atoms with van der Waals surface area (Å²) in [5, 5.41) is 0. The Balaban J connectivity index is 1.59. The van der Waals surface area contributed by atoms with Gasteiger partial charge in [-0.2, -0.15) is 0 Å². The third kappa shape index (κ3) is 1.38. The quantitative estimate of drug-likeness (QED) is 0.776. The zero-order chi connectivity index (χ0) is 17.7. The molecule has 1 aromatic rings. The maximum Gasteiger partial charge on any atom is 0.414 e. The summed E-state index contributed by atoms with van der Waals surface area (Å²) in [7, 11) is 3.23. The maximum absolute atomic E-state index is 12.9. The summed E-state index contributed by atoms with van der Waals surface area (Å²) in [6, 6.07) is 6.25. The van der Waals surface area contributed by atoms with E-state index in [2.05, 4.69) is 17.0 Å². The zero-order valence-corrected chi connectivity index (χ0v) is 15.6. The molecule has 2 saturated heterocycles. The topological polar surface area (TPSA) is 42.0 Å². The van der Waals surface area contributed by atoms with Crippen molar-refractivity contribution >= 4 is 11.8 Å².